The lowest BCUT2D eigenvalue weighted by molar-refractivity contribution is 0.467. The fourth-order valence-electron chi connectivity index (χ4n) is 6.87. The van der Waals surface area contributed by atoms with Crippen LogP contribution in [-0.2, 0) is 0 Å². The molecule has 0 aromatic heterocycles. The predicted molar refractivity (Wildman–Crippen MR) is 186 cm³/mol. The second kappa shape index (κ2) is 10.4. The van der Waals surface area contributed by atoms with Crippen LogP contribution in [0.3, 0.4) is 0 Å². The molecular formula is C42H27BO2. The molecule has 0 radical (unpaired) electrons. The number of rotatable bonds is 4. The molecule has 0 saturated heterocycles. The molecule has 9 rings (SSSR count). The van der Waals surface area contributed by atoms with Crippen molar-refractivity contribution in [3.8, 4) is 67.5 Å². The van der Waals surface area contributed by atoms with Gasteiger partial charge in [-0.1, -0.05) is 146 Å². The Hall–Kier alpha value is -5.80. The van der Waals surface area contributed by atoms with Crippen molar-refractivity contribution in [3.05, 3.63) is 164 Å². The summed E-state index contributed by atoms with van der Waals surface area (Å²) in [6, 6.07) is 57.7. The Morgan fingerprint density at radius 2 is 0.711 bits per heavy atom. The van der Waals surface area contributed by atoms with Crippen LogP contribution in [0.2, 0.25) is 0 Å². The average Bonchev–Trinajstić information content (AvgIpc) is 3.12. The normalized spacial score (nSPS) is 12.3. The van der Waals surface area contributed by atoms with Crippen molar-refractivity contribution in [1.29, 1.82) is 0 Å². The molecule has 2 aliphatic rings. The zero-order chi connectivity index (χ0) is 29.7. The molecule has 2 heterocycles. The van der Waals surface area contributed by atoms with Crippen molar-refractivity contribution in [2.75, 3.05) is 0 Å². The van der Waals surface area contributed by atoms with Crippen LogP contribution in [0.1, 0.15) is 0 Å². The summed E-state index contributed by atoms with van der Waals surface area (Å²) in [7, 11) is 0. The quantitative estimate of drug-likeness (QED) is 0.195. The first-order valence-electron chi connectivity index (χ1n) is 15.4. The fraction of sp³-hybridized carbons (Fsp3) is 0. The van der Waals surface area contributed by atoms with Gasteiger partial charge >= 0.3 is 0 Å². The van der Waals surface area contributed by atoms with Gasteiger partial charge in [-0.2, -0.15) is 0 Å². The number of benzene rings is 7. The third-order valence-corrected chi connectivity index (χ3v) is 9.01. The van der Waals surface area contributed by atoms with E-state index >= 15 is 0 Å². The smallest absolute Gasteiger partial charge is 0.260 e. The standard InChI is InChI=1S/C42H27BO2/c1-5-13-28(14-6-1)32-21-23-38-36(25-32)43-37-26-33(29-15-7-2-8-16-29)22-24-39(37)45-42-35(31-19-11-4-12-20-31)27-34(41(44-38)40(42)43)30-17-9-3-10-18-30/h1-27H. The molecule has 0 N–H and O–H groups in total. The van der Waals surface area contributed by atoms with Crippen molar-refractivity contribution < 1.29 is 9.47 Å². The van der Waals surface area contributed by atoms with Crippen molar-refractivity contribution in [3.63, 3.8) is 0 Å². The molecule has 0 bridgehead atoms. The Balaban J connectivity index is 1.36. The molecule has 7 aromatic carbocycles. The average molecular weight is 574 g/mol. The van der Waals surface area contributed by atoms with E-state index < -0.39 is 0 Å². The maximum Gasteiger partial charge on any atom is 0.260 e. The van der Waals surface area contributed by atoms with Crippen LogP contribution in [0.25, 0.3) is 44.5 Å². The van der Waals surface area contributed by atoms with Crippen LogP contribution in [0.4, 0.5) is 0 Å². The van der Waals surface area contributed by atoms with E-state index in [2.05, 4.69) is 164 Å². The molecule has 0 spiro atoms. The lowest BCUT2D eigenvalue weighted by atomic mass is 9.34. The highest BCUT2D eigenvalue weighted by Gasteiger charge is 2.43. The van der Waals surface area contributed by atoms with Gasteiger partial charge in [0.05, 0.1) is 0 Å². The third kappa shape index (κ3) is 4.28. The number of ether oxygens (including phenoxy) is 2. The number of fused-ring (bicyclic) bond motifs is 4. The van der Waals surface area contributed by atoms with E-state index in [0.29, 0.717) is 0 Å². The minimum absolute atomic E-state index is 0.0825. The van der Waals surface area contributed by atoms with Crippen LogP contribution in [0.15, 0.2) is 164 Å². The Morgan fingerprint density at radius 3 is 1.11 bits per heavy atom. The minimum Gasteiger partial charge on any atom is -0.458 e. The van der Waals surface area contributed by atoms with Gasteiger partial charge in [-0.15, -0.1) is 0 Å². The first-order chi connectivity index (χ1) is 22.3. The van der Waals surface area contributed by atoms with E-state index in [1.807, 2.05) is 0 Å². The van der Waals surface area contributed by atoms with Gasteiger partial charge in [-0.05, 0) is 62.5 Å². The van der Waals surface area contributed by atoms with Gasteiger partial charge in [0.2, 0.25) is 0 Å². The summed E-state index contributed by atoms with van der Waals surface area (Å²) in [6.07, 6.45) is 0. The molecule has 0 aliphatic carbocycles. The third-order valence-electron chi connectivity index (χ3n) is 9.01. The highest BCUT2D eigenvalue weighted by molar-refractivity contribution is 6.98. The van der Waals surface area contributed by atoms with Crippen molar-refractivity contribution in [2.45, 2.75) is 0 Å². The van der Waals surface area contributed by atoms with Crippen molar-refractivity contribution in [2.24, 2.45) is 0 Å². The molecule has 210 valence electrons. The zero-order valence-corrected chi connectivity index (χ0v) is 24.5. The number of hydrogen-bond donors (Lipinski definition) is 0. The first-order valence-corrected chi connectivity index (χ1v) is 15.4. The molecule has 0 fully saturated rings. The maximum atomic E-state index is 6.94. The predicted octanol–water partition coefficient (Wildman–Crippen LogP) is 9.08. The SMILES string of the molecule is c1ccc(-c2ccc3c(c2)B2c4cc(-c5ccccc5)ccc4Oc4c(-c5ccccc5)cc(-c5ccccc5)c(c42)O3)cc1. The number of hydrogen-bond acceptors (Lipinski definition) is 2. The lowest BCUT2D eigenvalue weighted by Gasteiger charge is -2.36. The Bertz CT molecular complexity index is 2040. The Kier molecular flexibility index (Phi) is 5.95. The highest BCUT2D eigenvalue weighted by atomic mass is 16.5. The van der Waals surface area contributed by atoms with Gasteiger partial charge < -0.3 is 9.47 Å². The first kappa shape index (κ1) is 25.7. The summed E-state index contributed by atoms with van der Waals surface area (Å²) in [6.45, 7) is -0.0825. The summed E-state index contributed by atoms with van der Waals surface area (Å²) in [5, 5.41) is 0. The summed E-state index contributed by atoms with van der Waals surface area (Å²) >= 11 is 0. The van der Waals surface area contributed by atoms with E-state index in [4.69, 9.17) is 9.47 Å². The summed E-state index contributed by atoms with van der Waals surface area (Å²) < 4.78 is 13.9. The molecule has 2 aliphatic heterocycles. The Morgan fingerprint density at radius 1 is 0.333 bits per heavy atom. The molecule has 0 unspecified atom stereocenters. The zero-order valence-electron chi connectivity index (χ0n) is 24.5. The molecule has 0 amide bonds. The van der Waals surface area contributed by atoms with E-state index in [-0.39, 0.29) is 6.71 Å². The Labute approximate surface area is 263 Å². The van der Waals surface area contributed by atoms with Crippen LogP contribution in [-0.4, -0.2) is 6.71 Å². The molecule has 2 nitrogen and oxygen atoms in total. The van der Waals surface area contributed by atoms with E-state index in [1.54, 1.807) is 0 Å². The summed E-state index contributed by atoms with van der Waals surface area (Å²) in [5.74, 6) is 3.47. The molecule has 45 heavy (non-hydrogen) atoms. The van der Waals surface area contributed by atoms with Crippen LogP contribution < -0.4 is 25.9 Å². The van der Waals surface area contributed by atoms with Gasteiger partial charge in [0.25, 0.3) is 6.71 Å². The second-order valence-corrected chi connectivity index (χ2v) is 11.7. The van der Waals surface area contributed by atoms with Crippen LogP contribution >= 0.6 is 0 Å². The van der Waals surface area contributed by atoms with Crippen molar-refractivity contribution in [1.82, 2.24) is 0 Å². The maximum absolute atomic E-state index is 6.94. The molecule has 0 atom stereocenters. The summed E-state index contributed by atoms with van der Waals surface area (Å²) in [4.78, 5) is 0. The van der Waals surface area contributed by atoms with Gasteiger partial charge in [0.15, 0.2) is 0 Å². The topological polar surface area (TPSA) is 18.5 Å². The van der Waals surface area contributed by atoms with Gasteiger partial charge in [-0.3, -0.25) is 0 Å². The molecule has 0 saturated carbocycles. The molecule has 3 heteroatoms. The van der Waals surface area contributed by atoms with Crippen molar-refractivity contribution >= 4 is 23.1 Å². The highest BCUT2D eigenvalue weighted by Crippen LogP contribution is 2.46. The van der Waals surface area contributed by atoms with Crippen LogP contribution in [0.5, 0.6) is 23.0 Å². The fourth-order valence-corrected chi connectivity index (χ4v) is 6.87. The largest absolute Gasteiger partial charge is 0.458 e. The van der Waals surface area contributed by atoms with E-state index in [0.717, 1.165) is 72.8 Å². The lowest BCUT2D eigenvalue weighted by Crippen LogP contribution is -2.57. The van der Waals surface area contributed by atoms with E-state index in [1.165, 1.54) is 11.1 Å². The van der Waals surface area contributed by atoms with E-state index in [9.17, 15) is 0 Å². The minimum atomic E-state index is -0.0825. The van der Waals surface area contributed by atoms with Crippen LogP contribution in [0, 0.1) is 0 Å². The monoisotopic (exact) mass is 574 g/mol. The summed E-state index contributed by atoms with van der Waals surface area (Å²) in [5.41, 5.74) is 12.4. The molecular weight excluding hydrogens is 547 g/mol. The van der Waals surface area contributed by atoms with Gasteiger partial charge in [-0.25, -0.2) is 0 Å². The molecule has 7 aromatic rings. The van der Waals surface area contributed by atoms with Gasteiger partial charge in [0, 0.05) is 16.6 Å². The van der Waals surface area contributed by atoms with Gasteiger partial charge in [0.1, 0.15) is 23.0 Å². The second-order valence-electron chi connectivity index (χ2n) is 11.7.